The monoisotopic (exact) mass is 402 g/mol. The van der Waals surface area contributed by atoms with Crippen LogP contribution >= 0.6 is 0 Å². The molecule has 1 saturated heterocycles. The minimum absolute atomic E-state index is 0.0514. The quantitative estimate of drug-likeness (QED) is 0.393. The van der Waals surface area contributed by atoms with Crippen LogP contribution in [0.4, 0.5) is 0 Å². The van der Waals surface area contributed by atoms with E-state index in [1.165, 1.54) is 17.5 Å². The summed E-state index contributed by atoms with van der Waals surface area (Å²) >= 11 is 0. The summed E-state index contributed by atoms with van der Waals surface area (Å²) in [6, 6.07) is 9.13. The Hall–Kier alpha value is -1.41. The van der Waals surface area contributed by atoms with E-state index in [1.807, 2.05) is 0 Å². The molecule has 1 aliphatic heterocycles. The molecule has 3 atom stereocenters. The topological polar surface area (TPSA) is 107 Å². The normalized spacial score (nSPS) is 25.2. The van der Waals surface area contributed by atoms with E-state index in [2.05, 4.69) is 36.1 Å². The lowest BCUT2D eigenvalue weighted by atomic mass is 9.73. The molecule has 1 aromatic carbocycles. The number of carboxylic acid groups (broad SMARTS) is 1. The van der Waals surface area contributed by atoms with Gasteiger partial charge in [0, 0.05) is 6.04 Å². The summed E-state index contributed by atoms with van der Waals surface area (Å²) < 4.78 is 0. The SMILES string of the molecule is CC1CCc2ccccc2C1N1CCC(C(N)(CCCCB(O)O)C(=O)O)CC1. The zero-order valence-corrected chi connectivity index (χ0v) is 17.5. The second-order valence-electron chi connectivity index (χ2n) is 9.04. The van der Waals surface area contributed by atoms with Gasteiger partial charge >= 0.3 is 13.1 Å². The highest BCUT2D eigenvalue weighted by Crippen LogP contribution is 2.41. The Kier molecular flexibility index (Phi) is 7.38. The molecular formula is C22H35BN2O4. The summed E-state index contributed by atoms with van der Waals surface area (Å²) in [6.45, 7) is 4.07. The highest BCUT2D eigenvalue weighted by molar-refractivity contribution is 6.40. The van der Waals surface area contributed by atoms with Gasteiger partial charge in [0.15, 0.2) is 0 Å². The van der Waals surface area contributed by atoms with E-state index < -0.39 is 18.6 Å². The van der Waals surface area contributed by atoms with Crippen molar-refractivity contribution in [3.05, 3.63) is 35.4 Å². The van der Waals surface area contributed by atoms with Crippen LogP contribution in [0.1, 0.15) is 62.6 Å². The molecule has 0 radical (unpaired) electrons. The minimum Gasteiger partial charge on any atom is -0.480 e. The molecule has 3 rings (SSSR count). The molecule has 160 valence electrons. The van der Waals surface area contributed by atoms with Gasteiger partial charge in [-0.1, -0.05) is 44.0 Å². The molecule has 1 fully saturated rings. The molecule has 0 aromatic heterocycles. The van der Waals surface area contributed by atoms with Gasteiger partial charge in [-0.2, -0.15) is 0 Å². The Balaban J connectivity index is 1.63. The van der Waals surface area contributed by atoms with Gasteiger partial charge in [-0.3, -0.25) is 9.69 Å². The number of carbonyl (C=O) groups is 1. The van der Waals surface area contributed by atoms with Crippen molar-refractivity contribution < 1.29 is 19.9 Å². The third-order valence-electron chi connectivity index (χ3n) is 7.13. The van der Waals surface area contributed by atoms with Gasteiger partial charge in [0.2, 0.25) is 0 Å². The lowest BCUT2D eigenvalue weighted by molar-refractivity contribution is -0.147. The molecule has 1 aliphatic carbocycles. The van der Waals surface area contributed by atoms with E-state index in [1.54, 1.807) is 0 Å². The summed E-state index contributed by atoms with van der Waals surface area (Å²) in [7, 11) is -1.34. The fourth-order valence-electron chi connectivity index (χ4n) is 5.38. The van der Waals surface area contributed by atoms with Crippen LogP contribution in [0.25, 0.3) is 0 Å². The molecule has 0 amide bonds. The number of carboxylic acids is 1. The van der Waals surface area contributed by atoms with Crippen LogP contribution in [0.2, 0.25) is 6.32 Å². The van der Waals surface area contributed by atoms with E-state index in [0.717, 1.165) is 32.4 Å². The summed E-state index contributed by atoms with van der Waals surface area (Å²) in [6.07, 6.45) is 5.70. The number of aliphatic carboxylic acids is 1. The van der Waals surface area contributed by atoms with E-state index in [4.69, 9.17) is 15.8 Å². The molecule has 0 saturated carbocycles. The second-order valence-corrected chi connectivity index (χ2v) is 9.04. The number of unbranched alkanes of at least 4 members (excludes halogenated alkanes) is 1. The number of nitrogens with two attached hydrogens (primary N) is 1. The summed E-state index contributed by atoms with van der Waals surface area (Å²) in [5, 5.41) is 27.8. The fourth-order valence-corrected chi connectivity index (χ4v) is 5.38. The number of hydrogen-bond acceptors (Lipinski definition) is 5. The van der Waals surface area contributed by atoms with Gasteiger partial charge in [0.05, 0.1) is 0 Å². The maximum Gasteiger partial charge on any atom is 0.451 e. The predicted octanol–water partition coefficient (Wildman–Crippen LogP) is 2.45. The zero-order chi connectivity index (χ0) is 21.0. The maximum atomic E-state index is 12.0. The Morgan fingerprint density at radius 1 is 1.21 bits per heavy atom. The molecule has 5 N–H and O–H groups in total. The Morgan fingerprint density at radius 3 is 2.55 bits per heavy atom. The molecule has 7 heteroatoms. The van der Waals surface area contributed by atoms with Crippen molar-refractivity contribution in [3.8, 4) is 0 Å². The molecule has 29 heavy (non-hydrogen) atoms. The molecule has 6 nitrogen and oxygen atoms in total. The first kappa shape index (κ1) is 22.3. The van der Waals surface area contributed by atoms with Crippen LogP contribution in [0.15, 0.2) is 24.3 Å². The number of likely N-dealkylation sites (tertiary alicyclic amines) is 1. The highest BCUT2D eigenvalue weighted by Gasteiger charge is 2.44. The largest absolute Gasteiger partial charge is 0.480 e. The first-order chi connectivity index (χ1) is 13.8. The van der Waals surface area contributed by atoms with Crippen molar-refractivity contribution in [2.24, 2.45) is 17.6 Å². The molecule has 0 bridgehead atoms. The third kappa shape index (κ3) is 5.02. The van der Waals surface area contributed by atoms with Gasteiger partial charge in [-0.15, -0.1) is 0 Å². The van der Waals surface area contributed by atoms with Gasteiger partial charge in [0.1, 0.15) is 5.54 Å². The van der Waals surface area contributed by atoms with Crippen molar-refractivity contribution in [3.63, 3.8) is 0 Å². The predicted molar refractivity (Wildman–Crippen MR) is 114 cm³/mol. The number of piperidine rings is 1. The van der Waals surface area contributed by atoms with E-state index >= 15 is 0 Å². The highest BCUT2D eigenvalue weighted by atomic mass is 16.4. The number of aryl methyl sites for hydroxylation is 1. The molecule has 3 unspecified atom stereocenters. The van der Waals surface area contributed by atoms with E-state index in [-0.39, 0.29) is 12.2 Å². The second kappa shape index (κ2) is 9.60. The number of fused-ring (bicyclic) bond motifs is 1. The van der Waals surface area contributed by atoms with Crippen molar-refractivity contribution >= 4 is 13.1 Å². The molecular weight excluding hydrogens is 367 g/mol. The first-order valence-electron chi connectivity index (χ1n) is 11.0. The Labute approximate surface area is 174 Å². The third-order valence-corrected chi connectivity index (χ3v) is 7.13. The van der Waals surface area contributed by atoms with E-state index in [9.17, 15) is 9.90 Å². The number of nitrogens with zero attached hydrogens (tertiary/aromatic N) is 1. The van der Waals surface area contributed by atoms with Gasteiger partial charge < -0.3 is 20.9 Å². The van der Waals surface area contributed by atoms with Crippen molar-refractivity contribution in [1.82, 2.24) is 4.90 Å². The van der Waals surface area contributed by atoms with Gasteiger partial charge in [-0.05, 0) is 74.5 Å². The van der Waals surface area contributed by atoms with E-state index in [0.29, 0.717) is 31.2 Å². The van der Waals surface area contributed by atoms with Crippen LogP contribution in [-0.4, -0.2) is 51.8 Å². The Bertz CT molecular complexity index is 693. The first-order valence-corrected chi connectivity index (χ1v) is 11.0. The van der Waals surface area contributed by atoms with Gasteiger partial charge in [-0.25, -0.2) is 0 Å². The van der Waals surface area contributed by atoms with Crippen LogP contribution in [0, 0.1) is 11.8 Å². The summed E-state index contributed by atoms with van der Waals surface area (Å²) in [5.41, 5.74) is 8.07. The van der Waals surface area contributed by atoms with Crippen molar-refractivity contribution in [2.75, 3.05) is 13.1 Å². The van der Waals surface area contributed by atoms with Crippen LogP contribution < -0.4 is 5.73 Å². The number of benzene rings is 1. The minimum atomic E-state index is -1.34. The summed E-state index contributed by atoms with van der Waals surface area (Å²) in [5.74, 6) is -0.394. The zero-order valence-electron chi connectivity index (χ0n) is 17.5. The standard InChI is InChI=1S/C22H35BN2O4/c1-16-8-9-17-6-2-3-7-19(17)20(16)25-14-10-18(11-15-25)22(24,21(26)27)12-4-5-13-23(28)29/h2-3,6-7,16,18,20,28-29H,4-5,8-15,24H2,1H3,(H,26,27). The molecule has 1 aromatic rings. The van der Waals surface area contributed by atoms with Crippen LogP contribution in [0.3, 0.4) is 0 Å². The molecule has 1 heterocycles. The number of hydrogen-bond donors (Lipinski definition) is 4. The van der Waals surface area contributed by atoms with Crippen molar-refractivity contribution in [1.29, 1.82) is 0 Å². The molecule has 2 aliphatic rings. The Morgan fingerprint density at radius 2 is 1.90 bits per heavy atom. The smallest absolute Gasteiger partial charge is 0.451 e. The molecule has 0 spiro atoms. The van der Waals surface area contributed by atoms with Crippen LogP contribution in [-0.2, 0) is 11.2 Å². The maximum absolute atomic E-state index is 12.0. The van der Waals surface area contributed by atoms with Crippen molar-refractivity contribution in [2.45, 2.75) is 69.8 Å². The number of rotatable bonds is 8. The van der Waals surface area contributed by atoms with Crippen LogP contribution in [0.5, 0.6) is 0 Å². The fraction of sp³-hybridized carbons (Fsp3) is 0.682. The lowest BCUT2D eigenvalue weighted by Crippen LogP contribution is -2.57. The average Bonchev–Trinajstić information content (AvgIpc) is 2.71. The summed E-state index contributed by atoms with van der Waals surface area (Å²) in [4.78, 5) is 14.5. The average molecular weight is 402 g/mol. The van der Waals surface area contributed by atoms with Gasteiger partial charge in [0.25, 0.3) is 0 Å². The lowest BCUT2D eigenvalue weighted by Gasteiger charge is -2.46.